The maximum absolute atomic E-state index is 13.4. The zero-order valence-electron chi connectivity index (χ0n) is 29.5. The van der Waals surface area contributed by atoms with E-state index in [1.54, 1.807) is 34.1 Å². The molecule has 10 nitrogen and oxygen atoms in total. The second-order valence-corrected chi connectivity index (χ2v) is 14.7. The molecule has 2 aromatic rings. The molecule has 2 aromatic carbocycles. The number of halogens is 2. The van der Waals surface area contributed by atoms with Crippen molar-refractivity contribution in [3.63, 3.8) is 0 Å². The second kappa shape index (κ2) is 17.4. The fraction of sp³-hybridized carbons (Fsp3) is 0.568. The van der Waals surface area contributed by atoms with E-state index in [2.05, 4.69) is 5.32 Å². The highest BCUT2D eigenvalue weighted by Crippen LogP contribution is 2.26. The van der Waals surface area contributed by atoms with E-state index in [1.165, 1.54) is 24.3 Å². The number of nitrogens with zero attached hydrogens (tertiary/aromatic N) is 2. The molecule has 3 amide bonds. The van der Waals surface area contributed by atoms with Crippen molar-refractivity contribution in [3.05, 3.63) is 71.3 Å². The third kappa shape index (κ3) is 14.0. The van der Waals surface area contributed by atoms with Gasteiger partial charge in [-0.2, -0.15) is 0 Å². The van der Waals surface area contributed by atoms with Crippen molar-refractivity contribution < 1.29 is 42.5 Å². The van der Waals surface area contributed by atoms with Crippen molar-refractivity contribution in [3.8, 4) is 0 Å². The first kappa shape index (κ1) is 39.2. The van der Waals surface area contributed by atoms with Crippen molar-refractivity contribution in [1.82, 2.24) is 15.1 Å². The lowest BCUT2D eigenvalue weighted by Gasteiger charge is -2.33. The molecule has 0 aliphatic carbocycles. The number of hydrogen-bond donors (Lipinski definition) is 2. The Balaban J connectivity index is 0.000000323. The molecule has 270 valence electrons. The van der Waals surface area contributed by atoms with E-state index in [-0.39, 0.29) is 48.0 Å². The molecular formula is C37H51F2N3O7. The van der Waals surface area contributed by atoms with Gasteiger partial charge in [-0.25, -0.2) is 18.4 Å². The van der Waals surface area contributed by atoms with Gasteiger partial charge in [-0.3, -0.25) is 9.59 Å². The Hall–Kier alpha value is -4.22. The van der Waals surface area contributed by atoms with Crippen LogP contribution >= 0.6 is 0 Å². The number of carbonyl (C=O) groups excluding carboxylic acids is 3. The number of carboxylic acid groups (broad SMARTS) is 1. The fourth-order valence-corrected chi connectivity index (χ4v) is 5.69. The predicted octanol–water partition coefficient (Wildman–Crippen LogP) is 7.32. The molecule has 0 radical (unpaired) electrons. The van der Waals surface area contributed by atoms with Crippen LogP contribution < -0.4 is 5.32 Å². The molecule has 0 unspecified atom stereocenters. The van der Waals surface area contributed by atoms with Gasteiger partial charge in [0, 0.05) is 39.0 Å². The summed E-state index contributed by atoms with van der Waals surface area (Å²) in [5.41, 5.74) is 0.413. The van der Waals surface area contributed by atoms with Gasteiger partial charge in [0.25, 0.3) is 0 Å². The lowest BCUT2D eigenvalue weighted by Crippen LogP contribution is -2.42. The Kier molecular flexibility index (Phi) is 14.0. The molecule has 2 aliphatic rings. The van der Waals surface area contributed by atoms with Gasteiger partial charge in [0.15, 0.2) is 0 Å². The molecule has 0 aromatic heterocycles. The lowest BCUT2D eigenvalue weighted by atomic mass is 9.92. The fourth-order valence-electron chi connectivity index (χ4n) is 5.69. The van der Waals surface area contributed by atoms with Crippen LogP contribution in [-0.4, -0.2) is 76.4 Å². The number of carboxylic acids is 1. The first-order valence-corrected chi connectivity index (χ1v) is 16.9. The molecule has 0 bridgehead atoms. The molecule has 2 N–H and O–H groups in total. The second-order valence-electron chi connectivity index (χ2n) is 14.7. The minimum absolute atomic E-state index is 0.139. The van der Waals surface area contributed by atoms with E-state index in [0.29, 0.717) is 56.6 Å². The number of carbonyl (C=O) groups is 4. The molecule has 2 saturated heterocycles. The largest absolute Gasteiger partial charge is 0.481 e. The van der Waals surface area contributed by atoms with E-state index < -0.39 is 23.2 Å². The van der Waals surface area contributed by atoms with Gasteiger partial charge in [0.2, 0.25) is 5.91 Å². The first-order chi connectivity index (χ1) is 22.9. The highest BCUT2D eigenvalue weighted by molar-refractivity contribution is 5.77. The van der Waals surface area contributed by atoms with Crippen LogP contribution in [0.15, 0.2) is 48.5 Å². The number of likely N-dealkylation sites (tertiary alicyclic amines) is 2. The molecule has 0 saturated carbocycles. The molecule has 2 heterocycles. The number of ether oxygens (including phenoxy) is 2. The van der Waals surface area contributed by atoms with Gasteiger partial charge in [0.1, 0.15) is 22.8 Å². The zero-order valence-corrected chi connectivity index (χ0v) is 29.5. The molecular weight excluding hydrogens is 636 g/mol. The normalized spacial score (nSPS) is 16.0. The smallest absolute Gasteiger partial charge is 0.410 e. The minimum atomic E-state index is -0.763. The third-order valence-corrected chi connectivity index (χ3v) is 8.18. The first-order valence-electron chi connectivity index (χ1n) is 16.9. The number of piperidine rings is 2. The summed E-state index contributed by atoms with van der Waals surface area (Å²) in [5.74, 6) is -1.30. The standard InChI is InChI=1S/C25H30F2N2O3.C12H21NO4/c1-25(2,3)32-24(31)29-14-12-17(13-15-29)16-22(30)28-23(18-4-8-20(26)9-5-18)19-6-10-21(27)11-7-19;1-12(2,3)17-11(16)13-6-4-9(5-7-13)8-10(14)15/h4-11,17,23H,12-16H2,1-3H3,(H,28,30);9H,4-8H2,1-3H3,(H,14,15). The predicted molar refractivity (Wildman–Crippen MR) is 181 cm³/mol. The van der Waals surface area contributed by atoms with Crippen molar-refractivity contribution >= 4 is 24.1 Å². The van der Waals surface area contributed by atoms with Crippen LogP contribution in [0.4, 0.5) is 18.4 Å². The van der Waals surface area contributed by atoms with E-state index in [1.807, 2.05) is 41.5 Å². The van der Waals surface area contributed by atoms with E-state index >= 15 is 0 Å². The maximum Gasteiger partial charge on any atom is 0.410 e. The summed E-state index contributed by atoms with van der Waals surface area (Å²) >= 11 is 0. The molecule has 2 fully saturated rings. The number of hydrogen-bond acceptors (Lipinski definition) is 6. The minimum Gasteiger partial charge on any atom is -0.481 e. The molecule has 12 heteroatoms. The Morgan fingerprint density at radius 3 is 1.37 bits per heavy atom. The summed E-state index contributed by atoms with van der Waals surface area (Å²) in [6, 6.07) is 11.3. The van der Waals surface area contributed by atoms with Gasteiger partial charge >= 0.3 is 18.2 Å². The summed E-state index contributed by atoms with van der Waals surface area (Å²) in [7, 11) is 0. The van der Waals surface area contributed by atoms with Crippen LogP contribution in [0.25, 0.3) is 0 Å². The zero-order chi connectivity index (χ0) is 36.4. The van der Waals surface area contributed by atoms with Crippen LogP contribution in [0.1, 0.15) is 97.2 Å². The summed E-state index contributed by atoms with van der Waals surface area (Å²) in [4.78, 5) is 50.7. The van der Waals surface area contributed by atoms with Crippen LogP contribution in [0.5, 0.6) is 0 Å². The van der Waals surface area contributed by atoms with E-state index in [4.69, 9.17) is 14.6 Å². The number of benzene rings is 2. The summed E-state index contributed by atoms with van der Waals surface area (Å²) in [5, 5.41) is 11.7. The average Bonchev–Trinajstić information content (AvgIpc) is 3.00. The van der Waals surface area contributed by atoms with E-state index in [9.17, 15) is 28.0 Å². The van der Waals surface area contributed by atoms with Crippen molar-refractivity contribution in [2.75, 3.05) is 26.2 Å². The third-order valence-electron chi connectivity index (χ3n) is 8.18. The van der Waals surface area contributed by atoms with Crippen molar-refractivity contribution in [1.29, 1.82) is 0 Å². The average molecular weight is 688 g/mol. The highest BCUT2D eigenvalue weighted by atomic mass is 19.1. The number of amides is 3. The SMILES string of the molecule is CC(C)(C)OC(=O)N1CCC(CC(=O)NC(c2ccc(F)cc2)c2ccc(F)cc2)CC1.CC(C)(C)OC(=O)N1CCC(CC(=O)O)CC1. The van der Waals surface area contributed by atoms with Crippen molar-refractivity contribution in [2.45, 2.75) is 97.3 Å². The molecule has 2 aliphatic heterocycles. The molecule has 49 heavy (non-hydrogen) atoms. The number of rotatable bonds is 7. The van der Waals surface area contributed by atoms with E-state index in [0.717, 1.165) is 12.8 Å². The van der Waals surface area contributed by atoms with Gasteiger partial charge in [0.05, 0.1) is 6.04 Å². The molecule has 4 rings (SSSR count). The number of aliphatic carboxylic acids is 1. The van der Waals surface area contributed by atoms with Gasteiger partial charge in [-0.15, -0.1) is 0 Å². The Bertz CT molecular complexity index is 1340. The van der Waals surface area contributed by atoms with Crippen LogP contribution in [0, 0.1) is 23.5 Å². The van der Waals surface area contributed by atoms with Gasteiger partial charge in [-0.1, -0.05) is 24.3 Å². The van der Waals surface area contributed by atoms with Crippen molar-refractivity contribution in [2.24, 2.45) is 11.8 Å². The Morgan fingerprint density at radius 1 is 0.694 bits per heavy atom. The molecule has 0 spiro atoms. The Labute approximate surface area is 288 Å². The monoisotopic (exact) mass is 687 g/mol. The molecule has 0 atom stereocenters. The van der Waals surface area contributed by atoms with Gasteiger partial charge < -0.3 is 29.7 Å². The lowest BCUT2D eigenvalue weighted by molar-refractivity contribution is -0.138. The summed E-state index contributed by atoms with van der Waals surface area (Å²) in [6.45, 7) is 13.3. The van der Waals surface area contributed by atoms with Crippen LogP contribution in [0.3, 0.4) is 0 Å². The number of nitrogens with one attached hydrogen (secondary N) is 1. The van der Waals surface area contributed by atoms with Crippen LogP contribution in [0.2, 0.25) is 0 Å². The van der Waals surface area contributed by atoms with Crippen LogP contribution in [-0.2, 0) is 19.1 Å². The summed E-state index contributed by atoms with van der Waals surface area (Å²) < 4.78 is 37.4. The quantitative estimate of drug-likeness (QED) is 0.313. The maximum atomic E-state index is 13.4. The Morgan fingerprint density at radius 2 is 1.04 bits per heavy atom. The highest BCUT2D eigenvalue weighted by Gasteiger charge is 2.29. The van der Waals surface area contributed by atoms with Gasteiger partial charge in [-0.05, 0) is 114 Å². The summed E-state index contributed by atoms with van der Waals surface area (Å²) in [6.07, 6.45) is 2.80. The topological polar surface area (TPSA) is 125 Å².